The molecule has 0 saturated heterocycles. The van der Waals surface area contributed by atoms with E-state index in [1.54, 1.807) is 0 Å². The number of quaternary nitrogens is 1. The molecule has 0 aliphatic carbocycles. The van der Waals surface area contributed by atoms with Gasteiger partial charge in [-0.15, -0.1) is 0 Å². The first-order valence-electron chi connectivity index (χ1n) is 3.65. The maximum Gasteiger partial charge on any atom is 0.154 e. The first kappa shape index (κ1) is 9.25. The molecule has 0 bridgehead atoms. The smallest absolute Gasteiger partial charge is 0.154 e. The van der Waals surface area contributed by atoms with E-state index in [-0.39, 0.29) is 0 Å². The SMILES string of the molecule is CC[N+](CC)(CC)CCl. The van der Waals surface area contributed by atoms with Crippen LogP contribution >= 0.6 is 11.6 Å². The number of halogens is 1. The van der Waals surface area contributed by atoms with E-state index in [2.05, 4.69) is 20.8 Å². The molecule has 0 aromatic heterocycles. The number of nitrogens with zero attached hydrogens (tertiary/aromatic N) is 1. The van der Waals surface area contributed by atoms with Gasteiger partial charge in [-0.25, -0.2) is 0 Å². The summed E-state index contributed by atoms with van der Waals surface area (Å²) in [4.78, 5) is 0. The molecular weight excluding hydrogens is 134 g/mol. The molecule has 0 radical (unpaired) electrons. The standard InChI is InChI=1S/C7H17ClN/c1-4-9(5-2,6-3)7-8/h4-7H2,1-3H3/q+1. The summed E-state index contributed by atoms with van der Waals surface area (Å²) in [5.74, 6) is 0. The van der Waals surface area contributed by atoms with E-state index in [0.29, 0.717) is 0 Å². The molecule has 0 N–H and O–H groups in total. The lowest BCUT2D eigenvalue weighted by molar-refractivity contribution is -0.912. The van der Waals surface area contributed by atoms with Crippen LogP contribution in [0.3, 0.4) is 0 Å². The minimum absolute atomic E-state index is 0.753. The van der Waals surface area contributed by atoms with Gasteiger partial charge in [-0.05, 0) is 20.8 Å². The lowest BCUT2D eigenvalue weighted by atomic mass is 10.4. The van der Waals surface area contributed by atoms with Crippen LogP contribution < -0.4 is 0 Å². The molecule has 56 valence electrons. The molecule has 0 unspecified atom stereocenters. The van der Waals surface area contributed by atoms with Crippen LogP contribution in [0.4, 0.5) is 0 Å². The van der Waals surface area contributed by atoms with Crippen molar-refractivity contribution in [2.75, 3.05) is 25.6 Å². The maximum absolute atomic E-state index is 5.80. The van der Waals surface area contributed by atoms with E-state index < -0.39 is 0 Å². The first-order chi connectivity index (χ1) is 4.24. The van der Waals surface area contributed by atoms with Crippen molar-refractivity contribution >= 4 is 11.6 Å². The lowest BCUT2D eigenvalue weighted by Gasteiger charge is -2.32. The molecule has 0 aromatic carbocycles. The van der Waals surface area contributed by atoms with Gasteiger partial charge in [-0.3, -0.25) is 0 Å². The van der Waals surface area contributed by atoms with E-state index >= 15 is 0 Å². The second kappa shape index (κ2) is 4.13. The van der Waals surface area contributed by atoms with Gasteiger partial charge in [0.15, 0.2) is 6.00 Å². The molecule has 0 spiro atoms. The van der Waals surface area contributed by atoms with Crippen LogP contribution in [-0.4, -0.2) is 30.1 Å². The fourth-order valence-electron chi connectivity index (χ4n) is 0.924. The van der Waals surface area contributed by atoms with Gasteiger partial charge in [0.05, 0.1) is 19.6 Å². The molecule has 1 nitrogen and oxygen atoms in total. The summed E-state index contributed by atoms with van der Waals surface area (Å²) in [7, 11) is 0. The minimum atomic E-state index is 0.753. The van der Waals surface area contributed by atoms with Gasteiger partial charge in [0.2, 0.25) is 0 Å². The van der Waals surface area contributed by atoms with Crippen molar-refractivity contribution in [1.29, 1.82) is 0 Å². The molecule has 0 aliphatic heterocycles. The van der Waals surface area contributed by atoms with Crippen molar-refractivity contribution in [2.45, 2.75) is 20.8 Å². The van der Waals surface area contributed by atoms with Crippen molar-refractivity contribution < 1.29 is 4.48 Å². The highest BCUT2D eigenvalue weighted by Gasteiger charge is 2.17. The predicted octanol–water partition coefficient (Wildman–Crippen LogP) is 2.06. The second-order valence-corrected chi connectivity index (χ2v) is 2.65. The maximum atomic E-state index is 5.80. The van der Waals surface area contributed by atoms with Crippen LogP contribution in [0.25, 0.3) is 0 Å². The summed E-state index contributed by atoms with van der Waals surface area (Å²) >= 11 is 5.80. The number of alkyl halides is 1. The Kier molecular flexibility index (Phi) is 4.24. The van der Waals surface area contributed by atoms with Crippen molar-refractivity contribution in [1.82, 2.24) is 0 Å². The molecule has 0 aliphatic rings. The molecule has 0 rings (SSSR count). The van der Waals surface area contributed by atoms with Crippen LogP contribution in [0.1, 0.15) is 20.8 Å². The van der Waals surface area contributed by atoms with Gasteiger partial charge < -0.3 is 4.48 Å². The average molecular weight is 151 g/mol. The molecule has 0 heterocycles. The fourth-order valence-corrected chi connectivity index (χ4v) is 1.43. The summed E-state index contributed by atoms with van der Waals surface area (Å²) in [5.41, 5.74) is 0. The lowest BCUT2D eigenvalue weighted by Crippen LogP contribution is -2.46. The second-order valence-electron chi connectivity index (χ2n) is 2.41. The van der Waals surface area contributed by atoms with Crippen LogP contribution in [0, 0.1) is 0 Å². The van der Waals surface area contributed by atoms with Crippen molar-refractivity contribution in [3.63, 3.8) is 0 Å². The van der Waals surface area contributed by atoms with Gasteiger partial charge in [-0.1, -0.05) is 11.6 Å². The summed E-state index contributed by atoms with van der Waals surface area (Å²) in [6.07, 6.45) is 0. The van der Waals surface area contributed by atoms with E-state index in [9.17, 15) is 0 Å². The molecular formula is C7H17ClN+. The monoisotopic (exact) mass is 150 g/mol. The molecule has 0 aromatic rings. The molecule has 2 heteroatoms. The van der Waals surface area contributed by atoms with Gasteiger partial charge in [0.1, 0.15) is 0 Å². The first-order valence-corrected chi connectivity index (χ1v) is 4.19. The van der Waals surface area contributed by atoms with Crippen molar-refractivity contribution in [3.05, 3.63) is 0 Å². The normalized spacial score (nSPS) is 12.0. The Bertz CT molecular complexity index is 51.8. The third-order valence-corrected chi connectivity index (χ3v) is 2.77. The summed E-state index contributed by atoms with van der Waals surface area (Å²) in [6.45, 7) is 10.0. The summed E-state index contributed by atoms with van der Waals surface area (Å²) < 4.78 is 1.04. The van der Waals surface area contributed by atoms with Crippen LogP contribution in [0.15, 0.2) is 0 Å². The highest BCUT2D eigenvalue weighted by atomic mass is 35.5. The van der Waals surface area contributed by atoms with E-state index in [1.165, 1.54) is 0 Å². The van der Waals surface area contributed by atoms with Gasteiger partial charge >= 0.3 is 0 Å². The van der Waals surface area contributed by atoms with Gasteiger partial charge in [-0.2, -0.15) is 0 Å². The van der Waals surface area contributed by atoms with Gasteiger partial charge in [0.25, 0.3) is 0 Å². The van der Waals surface area contributed by atoms with E-state index in [4.69, 9.17) is 11.6 Å². The quantitative estimate of drug-likeness (QED) is 0.327. The Hall–Kier alpha value is 0.250. The Morgan fingerprint density at radius 2 is 1.33 bits per heavy atom. The predicted molar refractivity (Wildman–Crippen MR) is 42.6 cm³/mol. The fraction of sp³-hybridized carbons (Fsp3) is 1.00. The number of hydrogen-bond donors (Lipinski definition) is 0. The van der Waals surface area contributed by atoms with E-state index in [0.717, 1.165) is 30.1 Å². The molecule has 0 atom stereocenters. The highest BCUT2D eigenvalue weighted by molar-refractivity contribution is 6.16. The number of rotatable bonds is 4. The van der Waals surface area contributed by atoms with Gasteiger partial charge in [0, 0.05) is 0 Å². The largest absolute Gasteiger partial charge is 0.312 e. The number of hydrogen-bond acceptors (Lipinski definition) is 0. The van der Waals surface area contributed by atoms with Crippen LogP contribution in [0.2, 0.25) is 0 Å². The summed E-state index contributed by atoms with van der Waals surface area (Å²) in [5, 5.41) is 0. The average Bonchev–Trinajstić information content (AvgIpc) is 1.95. The zero-order chi connectivity index (χ0) is 7.33. The van der Waals surface area contributed by atoms with Crippen LogP contribution in [0.5, 0.6) is 0 Å². The topological polar surface area (TPSA) is 0 Å². The Balaban J connectivity index is 3.82. The molecule has 0 amide bonds. The third kappa shape index (κ3) is 2.15. The zero-order valence-electron chi connectivity index (χ0n) is 6.65. The Morgan fingerprint density at radius 1 is 1.00 bits per heavy atom. The van der Waals surface area contributed by atoms with Crippen molar-refractivity contribution in [3.8, 4) is 0 Å². The van der Waals surface area contributed by atoms with Crippen LogP contribution in [-0.2, 0) is 0 Å². The minimum Gasteiger partial charge on any atom is -0.312 e. The van der Waals surface area contributed by atoms with Crippen molar-refractivity contribution in [2.24, 2.45) is 0 Å². The zero-order valence-corrected chi connectivity index (χ0v) is 7.41. The Labute approximate surface area is 63.2 Å². The molecule has 0 fully saturated rings. The summed E-state index contributed by atoms with van der Waals surface area (Å²) in [6, 6.07) is 0.753. The molecule has 0 saturated carbocycles. The highest BCUT2D eigenvalue weighted by Crippen LogP contribution is 2.06. The van der Waals surface area contributed by atoms with E-state index in [1.807, 2.05) is 0 Å². The molecule has 9 heavy (non-hydrogen) atoms. The Morgan fingerprint density at radius 3 is 1.33 bits per heavy atom. The third-order valence-electron chi connectivity index (χ3n) is 2.27.